The Bertz CT molecular complexity index is 269. The lowest BCUT2D eigenvalue weighted by molar-refractivity contribution is 1.01. The number of hydrogen-bond donors (Lipinski definition) is 2. The van der Waals surface area contributed by atoms with Crippen molar-refractivity contribution < 1.29 is 0 Å². The van der Waals surface area contributed by atoms with Crippen molar-refractivity contribution in [2.24, 2.45) is 5.73 Å². The summed E-state index contributed by atoms with van der Waals surface area (Å²) in [4.78, 5) is 8.05. The molecule has 1 rings (SSSR count). The van der Waals surface area contributed by atoms with Gasteiger partial charge in [-0.15, -0.1) is 0 Å². The second-order valence-corrected chi connectivity index (χ2v) is 2.29. The predicted molar refractivity (Wildman–Crippen MR) is 42.4 cm³/mol. The van der Waals surface area contributed by atoms with Crippen LogP contribution >= 0.6 is 0 Å². The number of nitrogens with two attached hydrogens (primary N) is 1. The Morgan fingerprint density at radius 1 is 1.55 bits per heavy atom. The summed E-state index contributed by atoms with van der Waals surface area (Å²) in [5, 5.41) is 7.04. The zero-order chi connectivity index (χ0) is 8.27. The summed E-state index contributed by atoms with van der Waals surface area (Å²) in [6.45, 7) is 1.85. The van der Waals surface area contributed by atoms with Crippen molar-refractivity contribution in [2.45, 2.75) is 13.3 Å². The molecule has 1 heterocycles. The molecule has 0 saturated carbocycles. The SMILES string of the molecule is Cc1nccnc1CC(=N)N. The molecular weight excluding hydrogens is 140 g/mol. The topological polar surface area (TPSA) is 75.7 Å². The van der Waals surface area contributed by atoms with Gasteiger partial charge >= 0.3 is 0 Å². The smallest absolute Gasteiger partial charge is 0.0966 e. The maximum atomic E-state index is 7.04. The molecule has 0 aromatic carbocycles. The molecular formula is C7H10N4. The third-order valence-electron chi connectivity index (χ3n) is 1.34. The summed E-state index contributed by atoms with van der Waals surface area (Å²) >= 11 is 0. The first-order chi connectivity index (χ1) is 5.20. The Labute approximate surface area is 65.0 Å². The summed E-state index contributed by atoms with van der Waals surface area (Å²) < 4.78 is 0. The molecule has 0 amide bonds. The Morgan fingerprint density at radius 2 is 2.18 bits per heavy atom. The molecule has 0 fully saturated rings. The molecule has 0 aliphatic heterocycles. The first-order valence-corrected chi connectivity index (χ1v) is 3.29. The van der Waals surface area contributed by atoms with E-state index in [1.54, 1.807) is 12.4 Å². The molecule has 0 unspecified atom stereocenters. The lowest BCUT2D eigenvalue weighted by Gasteiger charge is -1.99. The van der Waals surface area contributed by atoms with Gasteiger partial charge in [-0.3, -0.25) is 15.4 Å². The number of amidine groups is 1. The summed E-state index contributed by atoms with van der Waals surface area (Å²) in [5.41, 5.74) is 6.82. The summed E-state index contributed by atoms with van der Waals surface area (Å²) in [5.74, 6) is 0.119. The second kappa shape index (κ2) is 3.09. The van der Waals surface area contributed by atoms with E-state index < -0.39 is 0 Å². The molecule has 3 N–H and O–H groups in total. The lowest BCUT2D eigenvalue weighted by atomic mass is 10.2. The average Bonchev–Trinajstić information content (AvgIpc) is 1.93. The van der Waals surface area contributed by atoms with Crippen LogP contribution in [-0.2, 0) is 6.42 Å². The highest BCUT2D eigenvalue weighted by molar-refractivity contribution is 5.79. The molecule has 0 saturated heterocycles. The minimum Gasteiger partial charge on any atom is -0.387 e. The van der Waals surface area contributed by atoms with Crippen molar-refractivity contribution >= 4 is 5.84 Å². The molecule has 1 aromatic heterocycles. The molecule has 0 aliphatic rings. The quantitative estimate of drug-likeness (QED) is 0.469. The fraction of sp³-hybridized carbons (Fsp3) is 0.286. The van der Waals surface area contributed by atoms with Crippen LogP contribution in [0.15, 0.2) is 12.4 Å². The van der Waals surface area contributed by atoms with Gasteiger partial charge in [-0.1, -0.05) is 0 Å². The maximum Gasteiger partial charge on any atom is 0.0966 e. The van der Waals surface area contributed by atoms with Gasteiger partial charge in [0, 0.05) is 18.8 Å². The van der Waals surface area contributed by atoms with E-state index in [0.717, 1.165) is 11.4 Å². The monoisotopic (exact) mass is 150 g/mol. The van der Waals surface area contributed by atoms with Crippen LogP contribution in [0.5, 0.6) is 0 Å². The highest BCUT2D eigenvalue weighted by Crippen LogP contribution is 1.98. The Morgan fingerprint density at radius 3 is 2.73 bits per heavy atom. The summed E-state index contributed by atoms with van der Waals surface area (Å²) in [6, 6.07) is 0. The minimum atomic E-state index is 0.119. The largest absolute Gasteiger partial charge is 0.387 e. The van der Waals surface area contributed by atoms with E-state index in [-0.39, 0.29) is 5.84 Å². The number of nitrogens with one attached hydrogen (secondary N) is 1. The van der Waals surface area contributed by atoms with E-state index >= 15 is 0 Å². The summed E-state index contributed by atoms with van der Waals surface area (Å²) in [7, 11) is 0. The molecule has 1 aromatic rings. The van der Waals surface area contributed by atoms with E-state index in [9.17, 15) is 0 Å². The number of aryl methyl sites for hydroxylation is 1. The van der Waals surface area contributed by atoms with Gasteiger partial charge in [-0.25, -0.2) is 0 Å². The second-order valence-electron chi connectivity index (χ2n) is 2.29. The first kappa shape index (κ1) is 7.65. The van der Waals surface area contributed by atoms with Crippen molar-refractivity contribution in [3.8, 4) is 0 Å². The molecule has 4 heteroatoms. The van der Waals surface area contributed by atoms with Gasteiger partial charge in [0.15, 0.2) is 0 Å². The van der Waals surface area contributed by atoms with E-state index in [1.807, 2.05) is 6.92 Å². The average molecular weight is 150 g/mol. The fourth-order valence-corrected chi connectivity index (χ4v) is 0.790. The van der Waals surface area contributed by atoms with Gasteiger partial charge in [-0.05, 0) is 6.92 Å². The predicted octanol–water partition coefficient (Wildman–Crippen LogP) is 0.263. The number of nitrogens with zero attached hydrogens (tertiary/aromatic N) is 2. The van der Waals surface area contributed by atoms with Crippen LogP contribution < -0.4 is 5.73 Å². The van der Waals surface area contributed by atoms with E-state index in [2.05, 4.69) is 9.97 Å². The zero-order valence-electron chi connectivity index (χ0n) is 6.33. The van der Waals surface area contributed by atoms with Crippen LogP contribution in [0, 0.1) is 12.3 Å². The zero-order valence-corrected chi connectivity index (χ0v) is 6.33. The van der Waals surface area contributed by atoms with Gasteiger partial charge in [0.25, 0.3) is 0 Å². The van der Waals surface area contributed by atoms with Gasteiger partial charge in [0.2, 0.25) is 0 Å². The van der Waals surface area contributed by atoms with Crippen molar-refractivity contribution in [1.29, 1.82) is 5.41 Å². The third-order valence-corrected chi connectivity index (χ3v) is 1.34. The van der Waals surface area contributed by atoms with Crippen LogP contribution in [0.3, 0.4) is 0 Å². The molecule has 58 valence electrons. The summed E-state index contributed by atoms with van der Waals surface area (Å²) in [6.07, 6.45) is 3.61. The van der Waals surface area contributed by atoms with Crippen LogP contribution in [0.1, 0.15) is 11.4 Å². The highest BCUT2D eigenvalue weighted by Gasteiger charge is 2.00. The van der Waals surface area contributed by atoms with Gasteiger partial charge in [-0.2, -0.15) is 0 Å². The number of rotatable bonds is 2. The van der Waals surface area contributed by atoms with Crippen LogP contribution in [0.25, 0.3) is 0 Å². The Balaban J connectivity index is 2.86. The molecule has 0 bridgehead atoms. The molecule has 0 radical (unpaired) electrons. The van der Waals surface area contributed by atoms with Crippen LogP contribution in [0.4, 0.5) is 0 Å². The fourth-order valence-electron chi connectivity index (χ4n) is 0.790. The van der Waals surface area contributed by atoms with Crippen molar-refractivity contribution in [3.05, 3.63) is 23.8 Å². The van der Waals surface area contributed by atoms with Crippen molar-refractivity contribution in [3.63, 3.8) is 0 Å². The van der Waals surface area contributed by atoms with E-state index in [1.165, 1.54) is 0 Å². The molecule has 11 heavy (non-hydrogen) atoms. The lowest BCUT2D eigenvalue weighted by Crippen LogP contribution is -2.14. The van der Waals surface area contributed by atoms with E-state index in [0.29, 0.717) is 6.42 Å². The third kappa shape index (κ3) is 2.00. The standard InChI is InChI=1S/C7H10N4/c1-5-6(4-7(8)9)11-3-2-10-5/h2-3H,4H2,1H3,(H3,8,9). The van der Waals surface area contributed by atoms with Gasteiger partial charge < -0.3 is 5.73 Å². The normalized spacial score (nSPS) is 9.55. The number of aromatic nitrogens is 2. The van der Waals surface area contributed by atoms with E-state index in [4.69, 9.17) is 11.1 Å². The highest BCUT2D eigenvalue weighted by atomic mass is 14.8. The van der Waals surface area contributed by atoms with Gasteiger partial charge in [0.1, 0.15) is 0 Å². The Hall–Kier alpha value is -1.45. The van der Waals surface area contributed by atoms with Crippen LogP contribution in [0.2, 0.25) is 0 Å². The molecule has 0 atom stereocenters. The first-order valence-electron chi connectivity index (χ1n) is 3.29. The molecule has 0 spiro atoms. The van der Waals surface area contributed by atoms with Crippen molar-refractivity contribution in [1.82, 2.24) is 9.97 Å². The minimum absolute atomic E-state index is 0.119. The molecule has 4 nitrogen and oxygen atoms in total. The van der Waals surface area contributed by atoms with Crippen molar-refractivity contribution in [2.75, 3.05) is 0 Å². The Kier molecular flexibility index (Phi) is 2.15. The van der Waals surface area contributed by atoms with Gasteiger partial charge in [0.05, 0.1) is 17.2 Å². The maximum absolute atomic E-state index is 7.04. The van der Waals surface area contributed by atoms with Crippen LogP contribution in [-0.4, -0.2) is 15.8 Å². The number of hydrogen-bond acceptors (Lipinski definition) is 3. The molecule has 0 aliphatic carbocycles.